The molecule has 5 heteroatoms. The molecule has 1 fully saturated rings. The first-order chi connectivity index (χ1) is 10.2. The van der Waals surface area contributed by atoms with Crippen LogP contribution < -0.4 is 10.6 Å². The van der Waals surface area contributed by atoms with Gasteiger partial charge in [-0.05, 0) is 37.6 Å². The summed E-state index contributed by atoms with van der Waals surface area (Å²) in [6.07, 6.45) is 3.57. The van der Waals surface area contributed by atoms with Crippen LogP contribution in [-0.4, -0.2) is 16.0 Å². The summed E-state index contributed by atoms with van der Waals surface area (Å²) in [7, 11) is 0. The molecule has 4 nitrogen and oxygen atoms in total. The lowest BCUT2D eigenvalue weighted by Gasteiger charge is -2.14. The van der Waals surface area contributed by atoms with Crippen molar-refractivity contribution in [2.75, 3.05) is 10.6 Å². The topological polar surface area (TPSA) is 49.8 Å². The highest BCUT2D eigenvalue weighted by Gasteiger charge is 2.26. The minimum Gasteiger partial charge on any atom is -0.365 e. The number of nitrogens with zero attached hydrogens (tertiary/aromatic N) is 2. The van der Waals surface area contributed by atoms with Gasteiger partial charge in [-0.2, -0.15) is 4.98 Å². The fourth-order valence-electron chi connectivity index (χ4n) is 2.12. The Bertz CT molecular complexity index is 578. The second-order valence-electron chi connectivity index (χ2n) is 5.66. The molecule has 2 N–H and O–H groups in total. The number of hydrogen-bond donors (Lipinski definition) is 2. The third-order valence-corrected chi connectivity index (χ3v) is 4.63. The Hall–Kier alpha value is -1.62. The molecular weight excluding hydrogens is 280 g/mol. The van der Waals surface area contributed by atoms with E-state index in [1.165, 1.54) is 23.4 Å². The predicted molar refractivity (Wildman–Crippen MR) is 89.0 cm³/mol. The van der Waals surface area contributed by atoms with Crippen LogP contribution in [0.3, 0.4) is 0 Å². The molecule has 3 rings (SSSR count). The predicted octanol–water partition coefficient (Wildman–Crippen LogP) is 4.24. The van der Waals surface area contributed by atoms with Crippen molar-refractivity contribution in [1.82, 2.24) is 9.97 Å². The normalized spacial score (nSPS) is 15.7. The van der Waals surface area contributed by atoms with Crippen molar-refractivity contribution in [2.45, 2.75) is 51.6 Å². The van der Waals surface area contributed by atoms with Gasteiger partial charge in [0.2, 0.25) is 5.95 Å². The Balaban J connectivity index is 1.74. The maximum Gasteiger partial charge on any atom is 0.225 e. The van der Waals surface area contributed by atoms with Crippen molar-refractivity contribution in [3.63, 3.8) is 0 Å². The zero-order chi connectivity index (χ0) is 14.7. The van der Waals surface area contributed by atoms with Crippen LogP contribution in [0.1, 0.15) is 49.6 Å². The number of nitrogens with one attached hydrogen (secondary N) is 2. The van der Waals surface area contributed by atoms with Crippen LogP contribution >= 0.6 is 11.3 Å². The molecule has 2 aromatic rings. The van der Waals surface area contributed by atoms with E-state index in [1.807, 2.05) is 0 Å². The first-order valence-corrected chi connectivity index (χ1v) is 8.54. The fraction of sp³-hybridized carbons (Fsp3) is 0.500. The summed E-state index contributed by atoms with van der Waals surface area (Å²) in [5, 5.41) is 8.91. The summed E-state index contributed by atoms with van der Waals surface area (Å²) in [6.45, 7) is 5.14. The lowest BCUT2D eigenvalue weighted by atomic mass is 10.2. The fourth-order valence-corrected chi connectivity index (χ4v) is 2.77. The van der Waals surface area contributed by atoms with Crippen LogP contribution in [-0.2, 0) is 6.54 Å². The van der Waals surface area contributed by atoms with Gasteiger partial charge in [0.15, 0.2) is 0 Å². The molecule has 1 aliphatic carbocycles. The van der Waals surface area contributed by atoms with Gasteiger partial charge >= 0.3 is 0 Å². The molecule has 112 valence electrons. The molecule has 0 amide bonds. The first kappa shape index (κ1) is 14.3. The smallest absolute Gasteiger partial charge is 0.225 e. The lowest BCUT2D eigenvalue weighted by Crippen LogP contribution is -2.17. The van der Waals surface area contributed by atoms with Gasteiger partial charge in [-0.15, -0.1) is 11.3 Å². The lowest BCUT2D eigenvalue weighted by molar-refractivity contribution is 0.750. The second-order valence-corrected chi connectivity index (χ2v) is 6.69. The number of rotatable bonds is 7. The Labute approximate surface area is 130 Å². The van der Waals surface area contributed by atoms with Crippen molar-refractivity contribution in [3.8, 4) is 0 Å². The average Bonchev–Trinajstić information content (AvgIpc) is 3.21. The zero-order valence-electron chi connectivity index (χ0n) is 12.6. The number of hydrogen-bond acceptors (Lipinski definition) is 5. The molecule has 0 aromatic carbocycles. The summed E-state index contributed by atoms with van der Waals surface area (Å²) in [5.41, 5.74) is 1.17. The maximum absolute atomic E-state index is 4.67. The van der Waals surface area contributed by atoms with Crippen LogP contribution in [0.2, 0.25) is 0 Å². The Morgan fingerprint density at radius 2 is 2.24 bits per heavy atom. The molecule has 0 unspecified atom stereocenters. The summed E-state index contributed by atoms with van der Waals surface area (Å²) in [6, 6.07) is 6.71. The van der Waals surface area contributed by atoms with Crippen LogP contribution in [0.4, 0.5) is 11.8 Å². The van der Waals surface area contributed by atoms with E-state index in [9.17, 15) is 0 Å². The standard InChI is InChI=1S/C16H22N4S/c1-3-11(2)18-16-19-14(12-6-7-12)9-15(20-16)17-10-13-5-4-8-21-13/h4-5,8-9,11-12H,3,6-7,10H2,1-2H3,(H2,17,18,19,20)/t11-/m1/s1. The number of aromatic nitrogens is 2. The summed E-state index contributed by atoms with van der Waals surface area (Å²) < 4.78 is 0. The van der Waals surface area contributed by atoms with E-state index in [-0.39, 0.29) is 0 Å². The minimum absolute atomic E-state index is 0.393. The second kappa shape index (κ2) is 6.43. The van der Waals surface area contributed by atoms with Crippen LogP contribution in [0.15, 0.2) is 23.6 Å². The van der Waals surface area contributed by atoms with Gasteiger partial charge in [-0.25, -0.2) is 4.98 Å². The first-order valence-electron chi connectivity index (χ1n) is 7.66. The van der Waals surface area contributed by atoms with E-state index >= 15 is 0 Å². The zero-order valence-corrected chi connectivity index (χ0v) is 13.4. The highest BCUT2D eigenvalue weighted by Crippen LogP contribution is 2.40. The molecule has 1 saturated carbocycles. The highest BCUT2D eigenvalue weighted by molar-refractivity contribution is 7.09. The van der Waals surface area contributed by atoms with Crippen molar-refractivity contribution >= 4 is 23.1 Å². The van der Waals surface area contributed by atoms with E-state index in [0.29, 0.717) is 12.0 Å². The Morgan fingerprint density at radius 3 is 2.90 bits per heavy atom. The molecule has 2 heterocycles. The number of anilines is 2. The quantitative estimate of drug-likeness (QED) is 0.803. The Morgan fingerprint density at radius 1 is 1.38 bits per heavy atom. The maximum atomic E-state index is 4.67. The third kappa shape index (κ3) is 3.94. The molecule has 21 heavy (non-hydrogen) atoms. The van der Waals surface area contributed by atoms with Gasteiger partial charge in [-0.1, -0.05) is 13.0 Å². The Kier molecular flexibility index (Phi) is 4.39. The van der Waals surface area contributed by atoms with E-state index < -0.39 is 0 Å². The summed E-state index contributed by atoms with van der Waals surface area (Å²) >= 11 is 1.76. The van der Waals surface area contributed by atoms with Gasteiger partial charge in [0, 0.05) is 22.9 Å². The molecule has 0 saturated heterocycles. The molecule has 1 aliphatic rings. The van der Waals surface area contributed by atoms with Gasteiger partial charge < -0.3 is 10.6 Å². The van der Waals surface area contributed by atoms with Gasteiger partial charge in [0.25, 0.3) is 0 Å². The molecule has 1 atom stereocenters. The highest BCUT2D eigenvalue weighted by atomic mass is 32.1. The minimum atomic E-state index is 0.393. The van der Waals surface area contributed by atoms with Gasteiger partial charge in [-0.3, -0.25) is 0 Å². The van der Waals surface area contributed by atoms with E-state index in [0.717, 1.165) is 24.7 Å². The number of thiophene rings is 1. The largest absolute Gasteiger partial charge is 0.365 e. The summed E-state index contributed by atoms with van der Waals surface area (Å²) in [5.74, 6) is 2.31. The van der Waals surface area contributed by atoms with Crippen LogP contribution in [0.5, 0.6) is 0 Å². The van der Waals surface area contributed by atoms with Crippen molar-refractivity contribution < 1.29 is 0 Å². The van der Waals surface area contributed by atoms with Crippen molar-refractivity contribution in [3.05, 3.63) is 34.2 Å². The van der Waals surface area contributed by atoms with Crippen LogP contribution in [0.25, 0.3) is 0 Å². The molecule has 0 aliphatic heterocycles. The van der Waals surface area contributed by atoms with E-state index in [4.69, 9.17) is 0 Å². The molecule has 0 radical (unpaired) electrons. The molecule has 2 aromatic heterocycles. The summed E-state index contributed by atoms with van der Waals surface area (Å²) in [4.78, 5) is 10.6. The van der Waals surface area contributed by atoms with Crippen molar-refractivity contribution in [1.29, 1.82) is 0 Å². The average molecular weight is 302 g/mol. The molecule has 0 spiro atoms. The van der Waals surface area contributed by atoms with E-state index in [2.05, 4.69) is 58.0 Å². The SMILES string of the molecule is CC[C@@H](C)Nc1nc(NCc2cccs2)cc(C2CC2)n1. The molecule has 0 bridgehead atoms. The van der Waals surface area contributed by atoms with Crippen molar-refractivity contribution in [2.24, 2.45) is 0 Å². The molecular formula is C16H22N4S. The van der Waals surface area contributed by atoms with Gasteiger partial charge in [0.05, 0.1) is 12.2 Å². The van der Waals surface area contributed by atoms with Crippen LogP contribution in [0, 0.1) is 0 Å². The third-order valence-electron chi connectivity index (χ3n) is 3.75. The monoisotopic (exact) mass is 302 g/mol. The van der Waals surface area contributed by atoms with E-state index in [1.54, 1.807) is 11.3 Å². The van der Waals surface area contributed by atoms with Gasteiger partial charge in [0.1, 0.15) is 5.82 Å².